The Morgan fingerprint density at radius 1 is 0.355 bits per heavy atom. The predicted molar refractivity (Wildman–Crippen MR) is 144 cm³/mol. The summed E-state index contributed by atoms with van der Waals surface area (Å²) < 4.78 is 0. The van der Waals surface area contributed by atoms with E-state index in [1.807, 2.05) is 0 Å². The van der Waals surface area contributed by atoms with Crippen LogP contribution < -0.4 is 5.73 Å². The summed E-state index contributed by atoms with van der Waals surface area (Å²) in [5, 5.41) is 0. The second kappa shape index (κ2) is 28.0. The molecule has 0 fully saturated rings. The second-order valence-electron chi connectivity index (χ2n) is 10.6. The molecule has 0 radical (unpaired) electrons. The van der Waals surface area contributed by atoms with E-state index in [1.165, 1.54) is 173 Å². The number of hydrogen-bond donors (Lipinski definition) is 1. The van der Waals surface area contributed by atoms with E-state index in [-0.39, 0.29) is 0 Å². The largest absolute Gasteiger partial charge is 0.328 e. The zero-order chi connectivity index (χ0) is 22.7. The third-order valence-electron chi connectivity index (χ3n) is 7.01. The summed E-state index contributed by atoms with van der Waals surface area (Å²) >= 11 is 0. The van der Waals surface area contributed by atoms with Gasteiger partial charge in [-0.15, -0.1) is 0 Å². The van der Waals surface area contributed by atoms with E-state index >= 15 is 0 Å². The van der Waals surface area contributed by atoms with Crippen molar-refractivity contribution in [2.45, 2.75) is 193 Å². The van der Waals surface area contributed by atoms with Gasteiger partial charge >= 0.3 is 0 Å². The van der Waals surface area contributed by atoms with Crippen molar-refractivity contribution in [2.24, 2.45) is 5.73 Å². The first kappa shape index (κ1) is 31.0. The Hall–Kier alpha value is -0.0400. The van der Waals surface area contributed by atoms with E-state index in [1.54, 1.807) is 0 Å². The Morgan fingerprint density at radius 3 is 0.742 bits per heavy atom. The van der Waals surface area contributed by atoms with Gasteiger partial charge in [0.2, 0.25) is 0 Å². The van der Waals surface area contributed by atoms with Crippen LogP contribution >= 0.6 is 0 Å². The van der Waals surface area contributed by atoms with Crippen LogP contribution in [0, 0.1) is 0 Å². The molecule has 1 atom stereocenters. The van der Waals surface area contributed by atoms with Gasteiger partial charge < -0.3 is 5.73 Å². The Morgan fingerprint density at radius 2 is 0.548 bits per heavy atom. The lowest BCUT2D eigenvalue weighted by atomic mass is 10.0. The van der Waals surface area contributed by atoms with Gasteiger partial charge in [-0.3, -0.25) is 0 Å². The van der Waals surface area contributed by atoms with Crippen molar-refractivity contribution in [1.82, 2.24) is 0 Å². The molecular weight excluding hydrogens is 374 g/mol. The first-order chi connectivity index (χ1) is 15.3. The Kier molecular flexibility index (Phi) is 28.0. The zero-order valence-corrected chi connectivity index (χ0v) is 22.2. The molecular formula is C30H63N. The third-order valence-corrected chi connectivity index (χ3v) is 7.01. The molecule has 1 nitrogen and oxygen atoms in total. The number of hydrogen-bond acceptors (Lipinski definition) is 1. The highest BCUT2D eigenvalue weighted by atomic mass is 14.6. The van der Waals surface area contributed by atoms with Crippen LogP contribution in [-0.4, -0.2) is 6.04 Å². The maximum Gasteiger partial charge on any atom is 0.00104 e. The molecule has 0 aliphatic rings. The number of nitrogens with two attached hydrogens (primary N) is 1. The van der Waals surface area contributed by atoms with Crippen molar-refractivity contribution >= 4 is 0 Å². The van der Waals surface area contributed by atoms with E-state index in [4.69, 9.17) is 5.73 Å². The molecule has 0 aromatic carbocycles. The van der Waals surface area contributed by atoms with Crippen molar-refractivity contribution in [3.05, 3.63) is 0 Å². The highest BCUT2D eigenvalue weighted by Gasteiger charge is 1.97. The molecule has 0 aliphatic carbocycles. The van der Waals surface area contributed by atoms with E-state index < -0.39 is 0 Å². The van der Waals surface area contributed by atoms with Crippen LogP contribution in [0.1, 0.15) is 187 Å². The summed E-state index contributed by atoms with van der Waals surface area (Å²) in [6, 6.07) is 0.398. The van der Waals surface area contributed by atoms with Crippen LogP contribution in [0.3, 0.4) is 0 Å². The molecule has 188 valence electrons. The maximum absolute atomic E-state index is 5.79. The molecule has 0 bridgehead atoms. The van der Waals surface area contributed by atoms with Gasteiger partial charge in [-0.05, 0) is 13.3 Å². The van der Waals surface area contributed by atoms with Crippen molar-refractivity contribution in [3.8, 4) is 0 Å². The fraction of sp³-hybridized carbons (Fsp3) is 1.00. The van der Waals surface area contributed by atoms with Crippen LogP contribution in [0.5, 0.6) is 0 Å². The van der Waals surface area contributed by atoms with E-state index in [0.717, 1.165) is 0 Å². The number of unbranched alkanes of at least 4 members (excludes halogenated alkanes) is 25. The van der Waals surface area contributed by atoms with Gasteiger partial charge in [0.15, 0.2) is 0 Å². The molecule has 0 aromatic heterocycles. The summed E-state index contributed by atoms with van der Waals surface area (Å²) in [7, 11) is 0. The Balaban J connectivity index is 2.99. The van der Waals surface area contributed by atoms with Crippen molar-refractivity contribution in [3.63, 3.8) is 0 Å². The molecule has 1 heteroatoms. The quantitative estimate of drug-likeness (QED) is 0.127. The van der Waals surface area contributed by atoms with E-state index in [9.17, 15) is 0 Å². The Labute approximate surface area is 199 Å². The summed E-state index contributed by atoms with van der Waals surface area (Å²) in [4.78, 5) is 0. The monoisotopic (exact) mass is 437 g/mol. The summed E-state index contributed by atoms with van der Waals surface area (Å²) in [5.74, 6) is 0. The fourth-order valence-electron chi connectivity index (χ4n) is 4.78. The molecule has 31 heavy (non-hydrogen) atoms. The molecule has 0 amide bonds. The molecule has 0 aliphatic heterocycles. The standard InChI is InChI=1S/C30H63N/c1-3-4-5-6-7-8-9-10-11-12-13-14-15-16-17-18-19-20-21-22-23-24-25-26-27-28-29-30(2)31/h30H,3-29,31H2,1-2H3. The van der Waals surface area contributed by atoms with Gasteiger partial charge in [0, 0.05) is 6.04 Å². The maximum atomic E-state index is 5.79. The normalized spacial score (nSPS) is 12.5. The lowest BCUT2D eigenvalue weighted by Crippen LogP contribution is -2.13. The zero-order valence-electron chi connectivity index (χ0n) is 22.2. The lowest BCUT2D eigenvalue weighted by molar-refractivity contribution is 0.512. The Bertz CT molecular complexity index is 299. The number of rotatable bonds is 27. The molecule has 2 N–H and O–H groups in total. The average Bonchev–Trinajstić information content (AvgIpc) is 2.76. The first-order valence-corrected chi connectivity index (χ1v) is 15.0. The minimum absolute atomic E-state index is 0.398. The smallest absolute Gasteiger partial charge is 0.00104 e. The van der Waals surface area contributed by atoms with Crippen molar-refractivity contribution < 1.29 is 0 Å². The highest BCUT2D eigenvalue weighted by Crippen LogP contribution is 2.16. The highest BCUT2D eigenvalue weighted by molar-refractivity contribution is 4.54. The van der Waals surface area contributed by atoms with Gasteiger partial charge in [0.25, 0.3) is 0 Å². The predicted octanol–water partition coefficient (Wildman–Crippen LogP) is 10.9. The molecule has 0 spiro atoms. The first-order valence-electron chi connectivity index (χ1n) is 15.0. The van der Waals surface area contributed by atoms with Crippen LogP contribution in [0.25, 0.3) is 0 Å². The summed E-state index contributed by atoms with van der Waals surface area (Å²) in [6.45, 7) is 4.43. The molecule has 0 heterocycles. The summed E-state index contributed by atoms with van der Waals surface area (Å²) in [6.07, 6.45) is 39.2. The lowest BCUT2D eigenvalue weighted by Gasteiger charge is -2.05. The van der Waals surface area contributed by atoms with Crippen molar-refractivity contribution in [1.29, 1.82) is 0 Å². The van der Waals surface area contributed by atoms with Crippen LogP contribution in [0.15, 0.2) is 0 Å². The SMILES string of the molecule is CCCCCCCCCCCCCCCCCCCCCCCCCCCCC(C)N. The molecule has 0 saturated heterocycles. The fourth-order valence-corrected chi connectivity index (χ4v) is 4.78. The minimum Gasteiger partial charge on any atom is -0.328 e. The van der Waals surface area contributed by atoms with Gasteiger partial charge in [0.05, 0.1) is 0 Å². The average molecular weight is 438 g/mol. The molecule has 0 rings (SSSR count). The third kappa shape index (κ3) is 30.0. The van der Waals surface area contributed by atoms with E-state index in [2.05, 4.69) is 13.8 Å². The van der Waals surface area contributed by atoms with Crippen LogP contribution in [-0.2, 0) is 0 Å². The molecule has 0 aromatic rings. The van der Waals surface area contributed by atoms with E-state index in [0.29, 0.717) is 6.04 Å². The topological polar surface area (TPSA) is 26.0 Å². The van der Waals surface area contributed by atoms with Gasteiger partial charge in [0.1, 0.15) is 0 Å². The molecule has 0 saturated carbocycles. The van der Waals surface area contributed by atoms with Gasteiger partial charge in [-0.25, -0.2) is 0 Å². The van der Waals surface area contributed by atoms with Gasteiger partial charge in [-0.2, -0.15) is 0 Å². The summed E-state index contributed by atoms with van der Waals surface area (Å²) in [5.41, 5.74) is 5.79. The second-order valence-corrected chi connectivity index (χ2v) is 10.6. The van der Waals surface area contributed by atoms with Gasteiger partial charge in [-0.1, -0.05) is 174 Å². The van der Waals surface area contributed by atoms with Crippen LogP contribution in [0.2, 0.25) is 0 Å². The van der Waals surface area contributed by atoms with Crippen molar-refractivity contribution in [2.75, 3.05) is 0 Å². The minimum atomic E-state index is 0.398. The molecule has 1 unspecified atom stereocenters. The van der Waals surface area contributed by atoms with Crippen LogP contribution in [0.4, 0.5) is 0 Å².